The highest BCUT2D eigenvalue weighted by Gasteiger charge is 2.11. The van der Waals surface area contributed by atoms with Crippen molar-refractivity contribution in [3.63, 3.8) is 0 Å². The van der Waals surface area contributed by atoms with Crippen LogP contribution in [0.5, 0.6) is 0 Å². The van der Waals surface area contributed by atoms with Crippen LogP contribution in [0, 0.1) is 6.92 Å². The number of carbonyl (C=O) groups excluding carboxylic acids is 1. The average Bonchev–Trinajstić information content (AvgIpc) is 3.07. The molecule has 26 heavy (non-hydrogen) atoms. The molecule has 4 nitrogen and oxygen atoms in total. The van der Waals surface area contributed by atoms with Gasteiger partial charge in [-0.2, -0.15) is 0 Å². The molecule has 0 aliphatic carbocycles. The number of halogens is 1. The molecular weight excluding hydrogens is 366 g/mol. The molecule has 0 bridgehead atoms. The van der Waals surface area contributed by atoms with Gasteiger partial charge >= 0.3 is 0 Å². The van der Waals surface area contributed by atoms with Crippen molar-refractivity contribution in [3.8, 4) is 11.3 Å². The van der Waals surface area contributed by atoms with E-state index in [0.29, 0.717) is 10.2 Å². The lowest BCUT2D eigenvalue weighted by Crippen LogP contribution is -2.21. The molecule has 0 spiro atoms. The van der Waals surface area contributed by atoms with Crippen molar-refractivity contribution in [2.45, 2.75) is 20.8 Å². The van der Waals surface area contributed by atoms with E-state index in [1.165, 1.54) is 11.3 Å². The molecule has 1 aromatic heterocycles. The highest BCUT2D eigenvalue weighted by atomic mass is 35.5. The number of nitrogens with one attached hydrogen (secondary N) is 1. The van der Waals surface area contributed by atoms with Crippen molar-refractivity contribution in [3.05, 3.63) is 64.0 Å². The molecule has 1 amide bonds. The smallest absolute Gasteiger partial charge is 0.239 e. The van der Waals surface area contributed by atoms with Crippen LogP contribution in [0.2, 0.25) is 0 Å². The number of rotatable bonds is 6. The van der Waals surface area contributed by atoms with E-state index in [2.05, 4.69) is 16.9 Å². The molecule has 2 rings (SSSR count). The van der Waals surface area contributed by atoms with Crippen LogP contribution in [0.25, 0.3) is 16.8 Å². The molecule has 0 fully saturated rings. The number of nitrogens with zero attached hydrogens (tertiary/aromatic N) is 1. The van der Waals surface area contributed by atoms with E-state index in [1.54, 1.807) is 0 Å². The summed E-state index contributed by atoms with van der Waals surface area (Å²) in [6.07, 6.45) is 3.81. The van der Waals surface area contributed by atoms with Gasteiger partial charge in [0, 0.05) is 16.0 Å². The minimum absolute atomic E-state index is 0.0695. The van der Waals surface area contributed by atoms with Crippen molar-refractivity contribution >= 4 is 39.5 Å². The van der Waals surface area contributed by atoms with Gasteiger partial charge in [-0.15, -0.1) is 11.3 Å². The van der Waals surface area contributed by atoms with Gasteiger partial charge in [0.2, 0.25) is 5.91 Å². The Labute approximate surface area is 163 Å². The summed E-state index contributed by atoms with van der Waals surface area (Å²) < 4.78 is 0. The number of amides is 1. The van der Waals surface area contributed by atoms with Gasteiger partial charge in [0.25, 0.3) is 0 Å². The van der Waals surface area contributed by atoms with Gasteiger partial charge in [-0.1, -0.05) is 42.0 Å². The van der Waals surface area contributed by atoms with Gasteiger partial charge in [-0.05, 0) is 49.6 Å². The Morgan fingerprint density at radius 3 is 2.77 bits per heavy atom. The number of aromatic nitrogens is 1. The topological polar surface area (TPSA) is 68.0 Å². The second kappa shape index (κ2) is 8.94. The van der Waals surface area contributed by atoms with Crippen molar-refractivity contribution in [1.82, 2.24) is 4.98 Å². The number of anilines is 1. The van der Waals surface area contributed by atoms with Crippen LogP contribution in [-0.2, 0) is 4.79 Å². The zero-order valence-electron chi connectivity index (χ0n) is 15.1. The van der Waals surface area contributed by atoms with Gasteiger partial charge in [0.15, 0.2) is 5.13 Å². The van der Waals surface area contributed by atoms with E-state index < -0.39 is 0 Å². The zero-order chi connectivity index (χ0) is 19.3. The fourth-order valence-corrected chi connectivity index (χ4v) is 3.11. The minimum atomic E-state index is -0.264. The molecule has 1 aromatic carbocycles. The average molecular weight is 388 g/mol. The first-order chi connectivity index (χ1) is 12.3. The van der Waals surface area contributed by atoms with Gasteiger partial charge in [-0.25, -0.2) is 4.98 Å². The van der Waals surface area contributed by atoms with Gasteiger partial charge < -0.3 is 11.1 Å². The summed E-state index contributed by atoms with van der Waals surface area (Å²) in [6, 6.07) is 6.02. The third-order valence-electron chi connectivity index (χ3n) is 3.65. The summed E-state index contributed by atoms with van der Waals surface area (Å²) in [5.74, 6) is -0.264. The predicted molar refractivity (Wildman–Crippen MR) is 112 cm³/mol. The Balaban J connectivity index is 2.33. The number of nitrogens with two attached hydrogens (primary N) is 1. The number of allylic oxidation sites excluding steroid dienone is 5. The molecule has 1 heterocycles. The van der Waals surface area contributed by atoms with E-state index in [1.807, 2.05) is 56.5 Å². The van der Waals surface area contributed by atoms with Crippen molar-refractivity contribution in [1.29, 1.82) is 0 Å². The summed E-state index contributed by atoms with van der Waals surface area (Å²) in [4.78, 5) is 15.8. The number of hydrogen-bond donors (Lipinski definition) is 2. The maximum Gasteiger partial charge on any atom is 0.239 e. The number of carbonyl (C=O) groups is 1. The molecule has 2 aromatic rings. The Kier molecular flexibility index (Phi) is 6.91. The first-order valence-electron chi connectivity index (χ1n) is 8.08. The molecule has 0 unspecified atom stereocenters. The summed E-state index contributed by atoms with van der Waals surface area (Å²) in [5, 5.41) is 5.68. The summed E-state index contributed by atoms with van der Waals surface area (Å²) >= 11 is 7.76. The van der Waals surface area contributed by atoms with E-state index in [9.17, 15) is 4.79 Å². The first kappa shape index (κ1) is 20.1. The fourth-order valence-electron chi connectivity index (χ4n) is 2.21. The lowest BCUT2D eigenvalue weighted by Gasteiger charge is -2.10. The third-order valence-corrected chi connectivity index (χ3v) is 4.76. The highest BCUT2D eigenvalue weighted by molar-refractivity contribution is 7.14. The molecule has 3 N–H and O–H groups in total. The maximum atomic E-state index is 11.4. The molecule has 0 radical (unpaired) electrons. The SMILES string of the molecule is C=C(/C(Cl)=C\C=C(C)C)c1cc(-c2csc(NC(=O)CN)n2)ccc1C. The van der Waals surface area contributed by atoms with Crippen LogP contribution < -0.4 is 11.1 Å². The Morgan fingerprint density at radius 1 is 1.38 bits per heavy atom. The van der Waals surface area contributed by atoms with E-state index >= 15 is 0 Å². The van der Waals surface area contributed by atoms with Crippen LogP contribution in [0.4, 0.5) is 5.13 Å². The van der Waals surface area contributed by atoms with Crippen molar-refractivity contribution < 1.29 is 4.79 Å². The van der Waals surface area contributed by atoms with E-state index in [0.717, 1.165) is 33.5 Å². The molecular formula is C20H22ClN3OS. The van der Waals surface area contributed by atoms with Gasteiger partial charge in [0.1, 0.15) is 0 Å². The normalized spacial score (nSPS) is 11.2. The second-order valence-corrected chi connectivity index (χ2v) is 7.32. The molecule has 0 aliphatic rings. The minimum Gasteiger partial charge on any atom is -0.322 e. The quantitative estimate of drug-likeness (QED) is 0.676. The van der Waals surface area contributed by atoms with E-state index in [4.69, 9.17) is 17.3 Å². The molecule has 0 saturated carbocycles. The van der Waals surface area contributed by atoms with Crippen molar-refractivity contribution in [2.75, 3.05) is 11.9 Å². The fraction of sp³-hybridized carbons (Fsp3) is 0.200. The van der Waals surface area contributed by atoms with E-state index in [-0.39, 0.29) is 12.5 Å². The standard InChI is InChI=1S/C20H22ClN3OS/c1-12(2)5-8-17(21)14(4)16-9-15(7-6-13(16)3)18-11-26-20(23-18)24-19(25)10-22/h5-9,11H,4,10,22H2,1-3H3,(H,23,24,25)/b17-8+. The first-order valence-corrected chi connectivity index (χ1v) is 9.34. The Bertz CT molecular complexity index is 892. The Morgan fingerprint density at radius 2 is 2.12 bits per heavy atom. The van der Waals surface area contributed by atoms with Crippen LogP contribution in [0.1, 0.15) is 25.0 Å². The lowest BCUT2D eigenvalue weighted by atomic mass is 9.97. The van der Waals surface area contributed by atoms with Crippen LogP contribution >= 0.6 is 22.9 Å². The largest absolute Gasteiger partial charge is 0.322 e. The van der Waals surface area contributed by atoms with Gasteiger partial charge in [0.05, 0.1) is 12.2 Å². The molecule has 6 heteroatoms. The molecule has 0 aliphatic heterocycles. The number of thiazole rings is 1. The Hall–Kier alpha value is -2.21. The summed E-state index contributed by atoms with van der Waals surface area (Å²) in [5.41, 5.74) is 11.0. The third kappa shape index (κ3) is 5.14. The van der Waals surface area contributed by atoms with Crippen molar-refractivity contribution in [2.24, 2.45) is 5.73 Å². The lowest BCUT2D eigenvalue weighted by molar-refractivity contribution is -0.114. The maximum absolute atomic E-state index is 11.4. The number of hydrogen-bond acceptors (Lipinski definition) is 4. The summed E-state index contributed by atoms with van der Waals surface area (Å²) in [6.45, 7) is 10.1. The molecule has 0 saturated heterocycles. The monoisotopic (exact) mass is 387 g/mol. The predicted octanol–water partition coefficient (Wildman–Crippen LogP) is 5.12. The second-order valence-electron chi connectivity index (χ2n) is 6.06. The van der Waals surface area contributed by atoms with Crippen LogP contribution in [0.3, 0.4) is 0 Å². The number of aryl methyl sites for hydroxylation is 1. The molecule has 0 atom stereocenters. The summed E-state index contributed by atoms with van der Waals surface area (Å²) in [7, 11) is 0. The van der Waals surface area contributed by atoms with Crippen LogP contribution in [-0.4, -0.2) is 17.4 Å². The highest BCUT2D eigenvalue weighted by Crippen LogP contribution is 2.32. The zero-order valence-corrected chi connectivity index (χ0v) is 16.7. The number of benzene rings is 1. The van der Waals surface area contributed by atoms with Crippen LogP contribution in [0.15, 0.2) is 52.9 Å². The molecule has 136 valence electrons. The van der Waals surface area contributed by atoms with Gasteiger partial charge in [-0.3, -0.25) is 4.79 Å².